The summed E-state index contributed by atoms with van der Waals surface area (Å²) in [6.07, 6.45) is -1.16. The van der Waals surface area contributed by atoms with Gasteiger partial charge in [0.2, 0.25) is 0 Å². The van der Waals surface area contributed by atoms with E-state index in [1.165, 1.54) is 0 Å². The number of nitrogens with zero attached hydrogens (tertiary/aromatic N) is 4. The Balaban J connectivity index is 2.53. The Bertz CT molecular complexity index is 1120. The Morgan fingerprint density at radius 1 is 1.15 bits per heavy atom. The Morgan fingerprint density at radius 3 is 2.27 bits per heavy atom. The zero-order valence-electron chi connectivity index (χ0n) is 16.7. The molecule has 1 fully saturated rings. The molecule has 0 aromatic heterocycles. The van der Waals surface area contributed by atoms with E-state index < -0.39 is 66.2 Å². The number of anilines is 1. The lowest BCUT2D eigenvalue weighted by molar-refractivity contribution is -0.393. The molecule has 16 nitrogen and oxygen atoms in total. The van der Waals surface area contributed by atoms with Crippen molar-refractivity contribution >= 4 is 45.0 Å². The number of carboxylic acids is 1. The lowest BCUT2D eigenvalue weighted by atomic mass is 10.1. The van der Waals surface area contributed by atoms with Crippen LogP contribution in [0, 0.1) is 20.2 Å². The fourth-order valence-electron chi connectivity index (χ4n) is 3.11. The molecule has 0 aliphatic carbocycles. The minimum Gasteiger partial charge on any atom is -0.481 e. The summed E-state index contributed by atoms with van der Waals surface area (Å²) in [7, 11) is -5.49. The number of imide groups is 1. The summed E-state index contributed by atoms with van der Waals surface area (Å²) in [6.45, 7) is -0.378. The molecule has 1 aliphatic rings. The van der Waals surface area contributed by atoms with Crippen LogP contribution in [0.25, 0.3) is 0 Å². The molecule has 1 aromatic rings. The van der Waals surface area contributed by atoms with Crippen LogP contribution in [0.4, 0.5) is 17.1 Å². The van der Waals surface area contributed by atoms with E-state index in [0.717, 1.165) is 12.1 Å². The van der Waals surface area contributed by atoms with Crippen LogP contribution in [-0.2, 0) is 24.5 Å². The highest BCUT2D eigenvalue weighted by molar-refractivity contribution is 7.88. The number of hydrogen-bond acceptors (Lipinski definition) is 11. The van der Waals surface area contributed by atoms with Crippen molar-refractivity contribution in [1.82, 2.24) is 5.01 Å². The maximum absolute atomic E-state index is 12.7. The van der Waals surface area contributed by atoms with E-state index in [-0.39, 0.29) is 37.2 Å². The molecular formula is C16H18N4O12S. The molecule has 1 saturated heterocycles. The quantitative estimate of drug-likeness (QED) is 0.124. The Labute approximate surface area is 185 Å². The summed E-state index contributed by atoms with van der Waals surface area (Å²) in [5, 5.41) is 42.1. The molecule has 1 atom stereocenters. The highest BCUT2D eigenvalue weighted by Gasteiger charge is 2.61. The van der Waals surface area contributed by atoms with Crippen molar-refractivity contribution in [3.63, 3.8) is 0 Å². The minimum atomic E-state index is -5.49. The Hall–Kier alpha value is -3.70. The number of carbonyl (C=O) groups excluding carboxylic acids is 2. The van der Waals surface area contributed by atoms with Crippen LogP contribution in [0.2, 0.25) is 0 Å². The smallest absolute Gasteiger partial charge is 0.305 e. The van der Waals surface area contributed by atoms with Crippen LogP contribution >= 0.6 is 0 Å². The molecule has 1 heterocycles. The first-order valence-electron chi connectivity index (χ1n) is 9.19. The number of carboxylic acid groups (broad SMARTS) is 1. The van der Waals surface area contributed by atoms with Gasteiger partial charge in [0, 0.05) is 19.0 Å². The molecule has 0 spiro atoms. The van der Waals surface area contributed by atoms with Gasteiger partial charge in [-0.2, -0.15) is 13.4 Å². The maximum Gasteiger partial charge on any atom is 0.305 e. The lowest BCUT2D eigenvalue weighted by Gasteiger charge is -2.32. The second-order valence-electron chi connectivity index (χ2n) is 6.96. The standard InChI is InChI=1S/C16H18N4O12S/c21-13-9-16(25,33(30,31)32)15(24)18(13)17(7-3-1-2-4-14(22)23)11-6-5-10(19(26)27)8-12(11)20(28)29/h5-6,8,25H,1-4,7,9H2,(H,22,23)(H,30,31,32). The first-order valence-corrected chi connectivity index (χ1v) is 10.6. The average molecular weight is 490 g/mol. The van der Waals surface area contributed by atoms with Crippen molar-refractivity contribution in [1.29, 1.82) is 0 Å². The van der Waals surface area contributed by atoms with E-state index in [9.17, 15) is 52.7 Å². The van der Waals surface area contributed by atoms with E-state index in [1.54, 1.807) is 0 Å². The topological polar surface area (TPSA) is 239 Å². The van der Waals surface area contributed by atoms with Gasteiger partial charge in [0.1, 0.15) is 5.69 Å². The zero-order valence-corrected chi connectivity index (χ0v) is 17.5. The van der Waals surface area contributed by atoms with E-state index in [1.807, 2.05) is 0 Å². The number of rotatable bonds is 11. The van der Waals surface area contributed by atoms with Gasteiger partial charge in [-0.1, -0.05) is 6.42 Å². The van der Waals surface area contributed by atoms with Crippen molar-refractivity contribution in [3.05, 3.63) is 38.4 Å². The van der Waals surface area contributed by atoms with Gasteiger partial charge < -0.3 is 10.2 Å². The molecular weight excluding hydrogens is 472 g/mol. The second-order valence-corrected chi connectivity index (χ2v) is 8.59. The summed E-state index contributed by atoms with van der Waals surface area (Å²) >= 11 is 0. The number of hydrazine groups is 1. The van der Waals surface area contributed by atoms with Crippen molar-refractivity contribution < 1.29 is 47.4 Å². The van der Waals surface area contributed by atoms with Crippen molar-refractivity contribution in [2.45, 2.75) is 37.0 Å². The second kappa shape index (κ2) is 9.43. The number of amides is 2. The van der Waals surface area contributed by atoms with Gasteiger partial charge in [-0.3, -0.25) is 44.2 Å². The number of unbranched alkanes of at least 4 members (excludes halogenated alkanes) is 2. The lowest BCUT2D eigenvalue weighted by Crippen LogP contribution is -2.53. The molecule has 33 heavy (non-hydrogen) atoms. The molecule has 2 rings (SSSR count). The van der Waals surface area contributed by atoms with Gasteiger partial charge in [0.25, 0.3) is 22.4 Å². The van der Waals surface area contributed by atoms with E-state index >= 15 is 0 Å². The van der Waals surface area contributed by atoms with Crippen molar-refractivity contribution in [3.8, 4) is 0 Å². The number of benzene rings is 1. The molecule has 1 unspecified atom stereocenters. The number of aliphatic carboxylic acids is 1. The van der Waals surface area contributed by atoms with Crippen LogP contribution in [0.15, 0.2) is 18.2 Å². The highest BCUT2D eigenvalue weighted by atomic mass is 32.2. The number of non-ortho nitro benzene ring substituents is 1. The Morgan fingerprint density at radius 2 is 1.79 bits per heavy atom. The third kappa shape index (κ3) is 5.21. The van der Waals surface area contributed by atoms with Crippen molar-refractivity contribution in [2.24, 2.45) is 0 Å². The van der Waals surface area contributed by atoms with Crippen LogP contribution in [0.3, 0.4) is 0 Å². The average Bonchev–Trinajstić information content (AvgIpc) is 2.93. The fraction of sp³-hybridized carbons (Fsp3) is 0.438. The highest BCUT2D eigenvalue weighted by Crippen LogP contribution is 2.37. The van der Waals surface area contributed by atoms with Crippen LogP contribution in [-0.4, -0.2) is 67.3 Å². The number of carbonyl (C=O) groups is 3. The SMILES string of the molecule is O=C(O)CCCCCN(c1ccc([N+](=O)[O-])cc1[N+](=O)[O-])N1C(=O)CC(O)(S(=O)(=O)O)C1=O. The molecule has 1 aliphatic heterocycles. The van der Waals surface area contributed by atoms with Gasteiger partial charge in [0.15, 0.2) is 0 Å². The molecule has 0 radical (unpaired) electrons. The summed E-state index contributed by atoms with van der Waals surface area (Å²) in [6, 6.07) is 2.27. The number of nitro groups is 2. The van der Waals surface area contributed by atoms with E-state index in [2.05, 4.69) is 0 Å². The molecule has 1 aromatic carbocycles. The molecule has 0 bridgehead atoms. The van der Waals surface area contributed by atoms with Gasteiger partial charge in [0.05, 0.1) is 22.3 Å². The van der Waals surface area contributed by atoms with Crippen LogP contribution in [0.1, 0.15) is 32.1 Å². The van der Waals surface area contributed by atoms with E-state index in [0.29, 0.717) is 11.1 Å². The zero-order chi connectivity index (χ0) is 25.1. The van der Waals surface area contributed by atoms with Gasteiger partial charge in [-0.05, 0) is 18.9 Å². The largest absolute Gasteiger partial charge is 0.481 e. The molecule has 180 valence electrons. The fourth-order valence-corrected chi connectivity index (χ4v) is 3.73. The van der Waals surface area contributed by atoms with E-state index in [4.69, 9.17) is 5.11 Å². The first kappa shape index (κ1) is 25.6. The monoisotopic (exact) mass is 490 g/mol. The van der Waals surface area contributed by atoms with Crippen molar-refractivity contribution in [2.75, 3.05) is 11.6 Å². The van der Waals surface area contributed by atoms with Gasteiger partial charge in [-0.25, -0.2) is 0 Å². The molecule has 17 heteroatoms. The maximum atomic E-state index is 12.7. The first-order chi connectivity index (χ1) is 15.2. The summed E-state index contributed by atoms with van der Waals surface area (Å²) < 4.78 is 32.3. The van der Waals surface area contributed by atoms with Gasteiger partial charge in [-0.15, -0.1) is 0 Å². The molecule has 0 saturated carbocycles. The summed E-state index contributed by atoms with van der Waals surface area (Å²) in [5.41, 5.74) is -2.09. The normalized spacial score (nSPS) is 18.4. The third-order valence-electron chi connectivity index (χ3n) is 4.73. The molecule has 3 N–H and O–H groups in total. The Kier molecular flexibility index (Phi) is 7.30. The predicted octanol–water partition coefficient (Wildman–Crippen LogP) is 0.205. The van der Waals surface area contributed by atoms with Crippen LogP contribution < -0.4 is 5.01 Å². The molecule has 2 amide bonds. The number of hydrogen-bond donors (Lipinski definition) is 3. The minimum absolute atomic E-state index is 0.0444. The summed E-state index contributed by atoms with van der Waals surface area (Å²) in [4.78, 5) is 52.8. The van der Waals surface area contributed by atoms with Crippen LogP contribution in [0.5, 0.6) is 0 Å². The number of aliphatic hydroxyl groups is 1. The predicted molar refractivity (Wildman–Crippen MR) is 106 cm³/mol. The number of nitro benzene ring substituents is 2. The van der Waals surface area contributed by atoms with Gasteiger partial charge >= 0.3 is 21.8 Å². The summed E-state index contributed by atoms with van der Waals surface area (Å²) in [5.74, 6) is -4.20. The third-order valence-corrected chi connectivity index (χ3v) is 5.90.